The second-order valence-corrected chi connectivity index (χ2v) is 8.77. The molecule has 0 saturated carbocycles. The van der Waals surface area contributed by atoms with Crippen LogP contribution in [0.3, 0.4) is 0 Å². The lowest BCUT2D eigenvalue weighted by molar-refractivity contribution is -0.188. The summed E-state index contributed by atoms with van der Waals surface area (Å²) in [7, 11) is -4.79. The SMILES string of the molecule is CCCCOC(=O)CN(C(=O)C(F)(F)F)C(NC(C)C)P(=O)(O)OSCC. The van der Waals surface area contributed by atoms with Crippen LogP contribution in [0.1, 0.15) is 40.5 Å². The molecule has 0 bridgehead atoms. The van der Waals surface area contributed by atoms with Gasteiger partial charge in [-0.15, -0.1) is 0 Å². The van der Waals surface area contributed by atoms with Crippen molar-refractivity contribution in [3.05, 3.63) is 0 Å². The van der Waals surface area contributed by atoms with E-state index in [4.69, 9.17) is 8.71 Å². The first-order valence-electron chi connectivity index (χ1n) is 8.29. The molecule has 0 fully saturated rings. The zero-order valence-electron chi connectivity index (χ0n) is 15.6. The molecule has 27 heavy (non-hydrogen) atoms. The van der Waals surface area contributed by atoms with Gasteiger partial charge in [-0.2, -0.15) is 13.2 Å². The summed E-state index contributed by atoms with van der Waals surface area (Å²) in [4.78, 5) is 33.7. The maximum absolute atomic E-state index is 13.0. The monoisotopic (exact) mass is 438 g/mol. The van der Waals surface area contributed by atoms with E-state index in [1.165, 1.54) is 13.8 Å². The van der Waals surface area contributed by atoms with Gasteiger partial charge in [0, 0.05) is 23.8 Å². The number of esters is 1. The zero-order chi connectivity index (χ0) is 21.3. The highest BCUT2D eigenvalue weighted by molar-refractivity contribution is 7.98. The molecule has 160 valence electrons. The number of halogens is 3. The Morgan fingerprint density at radius 1 is 1.30 bits per heavy atom. The summed E-state index contributed by atoms with van der Waals surface area (Å²) >= 11 is 0.554. The number of ether oxygens (including phenoxy) is 1. The standard InChI is InChI=1S/C14H26F3N2O6PS/c1-5-7-8-24-11(20)9-19(12(21)14(15,16)17)13(18-10(3)4)26(22,23)25-27-6-2/h10,13,18H,5-9H2,1-4H3,(H,22,23). The van der Waals surface area contributed by atoms with E-state index in [-0.39, 0.29) is 17.3 Å². The number of amides is 1. The Morgan fingerprint density at radius 2 is 1.89 bits per heavy atom. The van der Waals surface area contributed by atoms with Gasteiger partial charge in [-0.05, 0) is 20.3 Å². The van der Waals surface area contributed by atoms with Gasteiger partial charge in [-0.25, -0.2) is 3.97 Å². The highest BCUT2D eigenvalue weighted by atomic mass is 32.2. The number of nitrogens with one attached hydrogen (secondary N) is 1. The Hall–Kier alpha value is -0.810. The molecule has 0 radical (unpaired) electrons. The van der Waals surface area contributed by atoms with Gasteiger partial charge >= 0.3 is 25.6 Å². The summed E-state index contributed by atoms with van der Waals surface area (Å²) in [6, 6.07) is -0.592. The third kappa shape index (κ3) is 9.79. The molecule has 2 unspecified atom stereocenters. The van der Waals surface area contributed by atoms with Gasteiger partial charge in [0.1, 0.15) is 6.54 Å². The van der Waals surface area contributed by atoms with Crippen LogP contribution >= 0.6 is 19.6 Å². The predicted molar refractivity (Wildman–Crippen MR) is 94.7 cm³/mol. The molecule has 8 nitrogen and oxygen atoms in total. The van der Waals surface area contributed by atoms with Crippen molar-refractivity contribution >= 4 is 31.5 Å². The molecule has 0 heterocycles. The van der Waals surface area contributed by atoms with Gasteiger partial charge in [-0.1, -0.05) is 20.3 Å². The second-order valence-electron chi connectivity index (χ2n) is 5.75. The number of alkyl halides is 3. The van der Waals surface area contributed by atoms with Gasteiger partial charge in [0.25, 0.3) is 0 Å². The maximum atomic E-state index is 13.0. The number of carbonyl (C=O) groups is 2. The van der Waals surface area contributed by atoms with E-state index in [2.05, 4.69) is 5.32 Å². The summed E-state index contributed by atoms with van der Waals surface area (Å²) in [5.41, 5.74) is 0. The van der Waals surface area contributed by atoms with E-state index in [9.17, 15) is 32.2 Å². The topological polar surface area (TPSA) is 105 Å². The van der Waals surface area contributed by atoms with Gasteiger partial charge in [-0.3, -0.25) is 24.4 Å². The van der Waals surface area contributed by atoms with E-state index in [1.54, 1.807) is 6.92 Å². The number of rotatable bonds is 12. The Morgan fingerprint density at radius 3 is 2.33 bits per heavy atom. The molecular weight excluding hydrogens is 412 g/mol. The summed E-state index contributed by atoms with van der Waals surface area (Å²) in [6.07, 6.45) is -4.19. The third-order valence-corrected chi connectivity index (χ3v) is 5.49. The van der Waals surface area contributed by atoms with Gasteiger partial charge in [0.15, 0.2) is 5.91 Å². The number of unbranched alkanes of at least 4 members (excludes halogenated alkanes) is 1. The van der Waals surface area contributed by atoms with Gasteiger partial charge in [0.05, 0.1) is 6.61 Å². The van der Waals surface area contributed by atoms with Crippen molar-refractivity contribution in [3.63, 3.8) is 0 Å². The van der Waals surface area contributed by atoms with Crippen molar-refractivity contribution in [1.29, 1.82) is 0 Å². The predicted octanol–water partition coefficient (Wildman–Crippen LogP) is 2.87. The van der Waals surface area contributed by atoms with Crippen molar-refractivity contribution in [2.75, 3.05) is 18.9 Å². The lowest BCUT2D eigenvalue weighted by atomic mass is 10.3. The second kappa shape index (κ2) is 11.9. The first-order valence-corrected chi connectivity index (χ1v) is 10.9. The number of hydrogen-bond donors (Lipinski definition) is 2. The molecule has 1 amide bonds. The van der Waals surface area contributed by atoms with Crippen LogP contribution in [0.5, 0.6) is 0 Å². The number of carbonyl (C=O) groups excluding carboxylic acids is 2. The minimum atomic E-state index is -5.36. The molecule has 2 N–H and O–H groups in total. The van der Waals surface area contributed by atoms with Crippen LogP contribution in [0.4, 0.5) is 13.2 Å². The average Bonchev–Trinajstić information content (AvgIpc) is 2.54. The lowest BCUT2D eigenvalue weighted by Gasteiger charge is -2.34. The van der Waals surface area contributed by atoms with E-state index < -0.39 is 44.1 Å². The fourth-order valence-electron chi connectivity index (χ4n) is 1.77. The maximum Gasteiger partial charge on any atom is 0.471 e. The molecular formula is C14H26F3N2O6PS. The van der Waals surface area contributed by atoms with E-state index >= 15 is 0 Å². The molecule has 0 rings (SSSR count). The fraction of sp³-hybridized carbons (Fsp3) is 0.857. The van der Waals surface area contributed by atoms with E-state index in [0.29, 0.717) is 24.9 Å². The molecule has 0 aromatic heterocycles. The summed E-state index contributed by atoms with van der Waals surface area (Å²) in [6.45, 7) is 5.22. The van der Waals surface area contributed by atoms with E-state index in [1.807, 2.05) is 6.92 Å². The summed E-state index contributed by atoms with van der Waals surface area (Å²) in [5, 5.41) is 2.40. The molecule has 0 aliphatic carbocycles. The Bertz CT molecular complexity index is 535. The van der Waals surface area contributed by atoms with Crippen LogP contribution < -0.4 is 5.32 Å². The first kappa shape index (κ1) is 26.2. The Kier molecular flexibility index (Phi) is 11.5. The largest absolute Gasteiger partial charge is 0.471 e. The highest BCUT2D eigenvalue weighted by Crippen LogP contribution is 2.51. The third-order valence-electron chi connectivity index (χ3n) is 2.93. The molecule has 0 aromatic carbocycles. The Balaban J connectivity index is 5.73. The molecule has 2 atom stereocenters. The fourth-order valence-corrected chi connectivity index (χ4v) is 4.15. The van der Waals surface area contributed by atoms with Crippen molar-refractivity contribution < 1.29 is 40.9 Å². The normalized spacial score (nSPS) is 15.3. The smallest absolute Gasteiger partial charge is 0.464 e. The summed E-state index contributed by atoms with van der Waals surface area (Å²) in [5.74, 6) is -5.41. The Labute approximate surface area is 160 Å². The number of nitrogens with zero attached hydrogens (tertiary/aromatic N) is 1. The van der Waals surface area contributed by atoms with Crippen LogP contribution in [-0.4, -0.2) is 58.7 Å². The highest BCUT2D eigenvalue weighted by Gasteiger charge is 2.50. The zero-order valence-corrected chi connectivity index (χ0v) is 17.3. The average molecular weight is 438 g/mol. The molecule has 0 aliphatic rings. The van der Waals surface area contributed by atoms with Crippen LogP contribution in [0.2, 0.25) is 0 Å². The van der Waals surface area contributed by atoms with Crippen LogP contribution in [0.25, 0.3) is 0 Å². The first-order chi connectivity index (χ1) is 12.4. The minimum Gasteiger partial charge on any atom is -0.464 e. The van der Waals surface area contributed by atoms with Crippen LogP contribution in [-0.2, 0) is 22.9 Å². The van der Waals surface area contributed by atoms with Crippen molar-refractivity contribution in [2.45, 2.75) is 58.7 Å². The minimum absolute atomic E-state index is 0.0371. The van der Waals surface area contributed by atoms with E-state index in [0.717, 1.165) is 0 Å². The van der Waals surface area contributed by atoms with Crippen LogP contribution in [0, 0.1) is 0 Å². The summed E-state index contributed by atoms with van der Waals surface area (Å²) < 4.78 is 61.0. The van der Waals surface area contributed by atoms with Gasteiger partial charge in [0.2, 0.25) is 0 Å². The molecule has 0 saturated heterocycles. The van der Waals surface area contributed by atoms with Crippen molar-refractivity contribution in [3.8, 4) is 0 Å². The quantitative estimate of drug-likeness (QED) is 0.158. The van der Waals surface area contributed by atoms with Crippen molar-refractivity contribution in [2.24, 2.45) is 0 Å². The lowest BCUT2D eigenvalue weighted by Crippen LogP contribution is -2.56. The van der Waals surface area contributed by atoms with Crippen molar-refractivity contribution in [1.82, 2.24) is 10.2 Å². The van der Waals surface area contributed by atoms with Crippen LogP contribution in [0.15, 0.2) is 0 Å². The molecule has 0 aliphatic heterocycles. The van der Waals surface area contributed by atoms with Gasteiger partial charge < -0.3 is 9.63 Å². The molecule has 13 heteroatoms. The molecule has 0 aromatic rings. The number of hydrogen-bond acceptors (Lipinski definition) is 7. The molecule has 0 spiro atoms.